The van der Waals surface area contributed by atoms with E-state index < -0.39 is 0 Å². The van der Waals surface area contributed by atoms with Crippen LogP contribution in [0.5, 0.6) is 0 Å². The molecular weight excluding hydrogens is 350 g/mol. The van der Waals surface area contributed by atoms with E-state index in [1.54, 1.807) is 11.8 Å². The van der Waals surface area contributed by atoms with Crippen LogP contribution < -0.4 is 5.32 Å². The van der Waals surface area contributed by atoms with Gasteiger partial charge in [0.25, 0.3) is 0 Å². The van der Waals surface area contributed by atoms with E-state index in [1.165, 1.54) is 11.1 Å². The lowest BCUT2D eigenvalue weighted by molar-refractivity contribution is -0.115. The van der Waals surface area contributed by atoms with E-state index in [0.717, 1.165) is 16.8 Å². The number of aryl methyl sites for hydroxylation is 2. The number of hydrogen-bond donors (Lipinski definition) is 1. The highest BCUT2D eigenvalue weighted by Gasteiger charge is 2.22. The van der Waals surface area contributed by atoms with Crippen LogP contribution in [-0.2, 0) is 4.79 Å². The number of carbonyl (C=O) groups is 1. The predicted molar refractivity (Wildman–Crippen MR) is 116 cm³/mol. The average Bonchev–Trinajstić information content (AvgIpc) is 2.70. The van der Waals surface area contributed by atoms with Crippen LogP contribution in [0.2, 0.25) is 0 Å². The third-order valence-corrected chi connectivity index (χ3v) is 6.00. The Hall–Kier alpha value is -2.52. The van der Waals surface area contributed by atoms with Crippen molar-refractivity contribution in [2.24, 2.45) is 0 Å². The fraction of sp³-hybridized carbons (Fsp3) is 0.208. The molecule has 0 saturated carbocycles. The topological polar surface area (TPSA) is 29.1 Å². The Labute approximate surface area is 166 Å². The minimum Gasteiger partial charge on any atom is -0.325 e. The van der Waals surface area contributed by atoms with Crippen molar-refractivity contribution in [3.8, 4) is 0 Å². The van der Waals surface area contributed by atoms with Crippen molar-refractivity contribution < 1.29 is 4.79 Å². The number of rotatable bonds is 6. The van der Waals surface area contributed by atoms with Gasteiger partial charge in [-0.3, -0.25) is 4.79 Å². The van der Waals surface area contributed by atoms with Gasteiger partial charge in [-0.15, -0.1) is 11.8 Å². The summed E-state index contributed by atoms with van der Waals surface area (Å²) >= 11 is 1.68. The van der Waals surface area contributed by atoms with Crippen molar-refractivity contribution in [3.63, 3.8) is 0 Å². The molecule has 0 spiro atoms. The van der Waals surface area contributed by atoms with Crippen molar-refractivity contribution in [3.05, 3.63) is 101 Å². The third kappa shape index (κ3) is 5.01. The Morgan fingerprint density at radius 3 is 1.96 bits per heavy atom. The van der Waals surface area contributed by atoms with E-state index in [1.807, 2.05) is 69.3 Å². The normalized spacial score (nSPS) is 12.0. The molecule has 2 nitrogen and oxygen atoms in total. The average molecular weight is 376 g/mol. The van der Waals surface area contributed by atoms with Gasteiger partial charge >= 0.3 is 0 Å². The largest absolute Gasteiger partial charge is 0.325 e. The molecule has 0 radical (unpaired) electrons. The highest BCUT2D eigenvalue weighted by atomic mass is 32.2. The minimum absolute atomic E-state index is 0.0329. The number of amides is 1. The lowest BCUT2D eigenvalue weighted by Crippen LogP contribution is -2.24. The van der Waals surface area contributed by atoms with Gasteiger partial charge in [-0.05, 0) is 49.1 Å². The first kappa shape index (κ1) is 19.2. The molecule has 1 N–H and O–H groups in total. The van der Waals surface area contributed by atoms with Crippen molar-refractivity contribution in [1.82, 2.24) is 0 Å². The van der Waals surface area contributed by atoms with Gasteiger partial charge in [0, 0.05) is 5.69 Å². The summed E-state index contributed by atoms with van der Waals surface area (Å²) in [6.45, 7) is 6.03. The SMILES string of the molecule is Cc1ccc(C)c(NC(=O)[C@@H](C)SC(c2ccccc2)c2ccccc2)c1. The summed E-state index contributed by atoms with van der Waals surface area (Å²) in [6, 6.07) is 26.9. The summed E-state index contributed by atoms with van der Waals surface area (Å²) in [7, 11) is 0. The molecule has 138 valence electrons. The second kappa shape index (κ2) is 8.92. The first-order valence-corrected chi connectivity index (χ1v) is 10.1. The van der Waals surface area contributed by atoms with E-state index in [4.69, 9.17) is 0 Å². The number of hydrogen-bond acceptors (Lipinski definition) is 2. The Bertz CT molecular complexity index is 853. The Balaban J connectivity index is 1.79. The highest BCUT2D eigenvalue weighted by molar-refractivity contribution is 8.01. The summed E-state index contributed by atoms with van der Waals surface area (Å²) in [5.41, 5.74) is 5.53. The van der Waals surface area contributed by atoms with E-state index >= 15 is 0 Å². The van der Waals surface area contributed by atoms with E-state index in [0.29, 0.717) is 0 Å². The van der Waals surface area contributed by atoms with Crippen LogP contribution in [-0.4, -0.2) is 11.2 Å². The van der Waals surface area contributed by atoms with Gasteiger partial charge in [-0.1, -0.05) is 72.8 Å². The van der Waals surface area contributed by atoms with Crippen LogP contribution in [0.1, 0.15) is 34.4 Å². The third-order valence-electron chi connectivity index (χ3n) is 4.57. The summed E-state index contributed by atoms with van der Waals surface area (Å²) in [4.78, 5) is 12.8. The van der Waals surface area contributed by atoms with Gasteiger partial charge in [0.15, 0.2) is 0 Å². The second-order valence-corrected chi connectivity index (χ2v) is 8.24. The van der Waals surface area contributed by atoms with Crippen molar-refractivity contribution in [1.29, 1.82) is 0 Å². The fourth-order valence-electron chi connectivity index (χ4n) is 2.98. The smallest absolute Gasteiger partial charge is 0.237 e. The van der Waals surface area contributed by atoms with Gasteiger partial charge < -0.3 is 5.32 Å². The van der Waals surface area contributed by atoms with Crippen molar-refractivity contribution in [2.45, 2.75) is 31.3 Å². The summed E-state index contributed by atoms with van der Waals surface area (Å²) in [5, 5.41) is 3.03. The molecule has 3 heteroatoms. The zero-order chi connectivity index (χ0) is 19.2. The van der Waals surface area contributed by atoms with Crippen LogP contribution in [0.3, 0.4) is 0 Å². The molecule has 1 atom stereocenters. The molecule has 0 saturated heterocycles. The predicted octanol–water partition coefficient (Wildman–Crippen LogP) is 6.15. The fourth-order valence-corrected chi connectivity index (χ4v) is 4.20. The van der Waals surface area contributed by atoms with Gasteiger partial charge in [0.05, 0.1) is 10.5 Å². The maximum Gasteiger partial charge on any atom is 0.237 e. The van der Waals surface area contributed by atoms with Crippen LogP contribution in [0.4, 0.5) is 5.69 Å². The maximum atomic E-state index is 12.8. The number of carbonyl (C=O) groups excluding carboxylic acids is 1. The second-order valence-electron chi connectivity index (χ2n) is 6.79. The van der Waals surface area contributed by atoms with E-state index in [9.17, 15) is 4.79 Å². The maximum absolute atomic E-state index is 12.8. The molecule has 0 aliphatic carbocycles. The molecule has 0 heterocycles. The molecule has 0 fully saturated rings. The number of anilines is 1. The van der Waals surface area contributed by atoms with Crippen LogP contribution in [0, 0.1) is 13.8 Å². The molecule has 27 heavy (non-hydrogen) atoms. The van der Waals surface area contributed by atoms with Crippen molar-refractivity contribution >= 4 is 23.4 Å². The first-order valence-electron chi connectivity index (χ1n) is 9.18. The highest BCUT2D eigenvalue weighted by Crippen LogP contribution is 2.38. The zero-order valence-electron chi connectivity index (χ0n) is 16.0. The molecule has 0 unspecified atom stereocenters. The molecule has 3 aromatic rings. The Morgan fingerprint density at radius 2 is 1.41 bits per heavy atom. The number of nitrogens with one attached hydrogen (secondary N) is 1. The molecule has 3 aromatic carbocycles. The summed E-state index contributed by atoms with van der Waals surface area (Å²) in [5.74, 6) is 0.0329. The van der Waals surface area contributed by atoms with Crippen molar-refractivity contribution in [2.75, 3.05) is 5.32 Å². The molecule has 0 bridgehead atoms. The van der Waals surface area contributed by atoms with Crippen LogP contribution >= 0.6 is 11.8 Å². The van der Waals surface area contributed by atoms with Crippen LogP contribution in [0.25, 0.3) is 0 Å². The van der Waals surface area contributed by atoms with E-state index in [-0.39, 0.29) is 16.4 Å². The van der Waals surface area contributed by atoms with Gasteiger partial charge in [0.1, 0.15) is 0 Å². The molecule has 0 aliphatic heterocycles. The monoisotopic (exact) mass is 375 g/mol. The molecular formula is C24H25NOS. The molecule has 0 aromatic heterocycles. The standard InChI is InChI=1S/C24H25NOS/c1-17-14-15-18(2)22(16-17)25-24(26)19(3)27-23(20-10-6-4-7-11-20)21-12-8-5-9-13-21/h4-16,19,23H,1-3H3,(H,25,26)/t19-/m1/s1. The lowest BCUT2D eigenvalue weighted by Gasteiger charge is -2.22. The van der Waals surface area contributed by atoms with Crippen LogP contribution in [0.15, 0.2) is 78.9 Å². The van der Waals surface area contributed by atoms with Gasteiger partial charge in [0.2, 0.25) is 5.91 Å². The Morgan fingerprint density at radius 1 is 0.852 bits per heavy atom. The number of thioether (sulfide) groups is 1. The molecule has 3 rings (SSSR count). The minimum atomic E-state index is -0.185. The van der Waals surface area contributed by atoms with E-state index in [2.05, 4.69) is 35.6 Å². The first-order chi connectivity index (χ1) is 13.0. The Kier molecular flexibility index (Phi) is 6.36. The molecule has 1 amide bonds. The quantitative estimate of drug-likeness (QED) is 0.559. The van der Waals surface area contributed by atoms with Gasteiger partial charge in [-0.2, -0.15) is 0 Å². The lowest BCUT2D eigenvalue weighted by atomic mass is 10.0. The summed E-state index contributed by atoms with van der Waals surface area (Å²) in [6.07, 6.45) is 0. The molecule has 0 aliphatic rings. The summed E-state index contributed by atoms with van der Waals surface area (Å²) < 4.78 is 0. The number of benzene rings is 3. The zero-order valence-corrected chi connectivity index (χ0v) is 16.8. The van der Waals surface area contributed by atoms with Gasteiger partial charge in [-0.25, -0.2) is 0 Å².